The van der Waals surface area contributed by atoms with Crippen LogP contribution >= 0.6 is 0 Å². The molecule has 0 spiro atoms. The van der Waals surface area contributed by atoms with Crippen molar-refractivity contribution in [3.05, 3.63) is 23.3 Å². The lowest BCUT2D eigenvalue weighted by Gasteiger charge is -2.12. The summed E-state index contributed by atoms with van der Waals surface area (Å²) in [5.74, 6) is -1.50. The zero-order chi connectivity index (χ0) is 18.3. The van der Waals surface area contributed by atoms with Crippen molar-refractivity contribution in [2.45, 2.75) is 26.2 Å². The molecule has 0 unspecified atom stereocenters. The molecule has 0 bridgehead atoms. The molecule has 0 aliphatic rings. The minimum atomic E-state index is -0.716. The second kappa shape index (κ2) is 8.81. The van der Waals surface area contributed by atoms with E-state index in [1.807, 2.05) is 0 Å². The number of aryl methyl sites for hydroxylation is 1. The number of ketones is 3. The van der Waals surface area contributed by atoms with Gasteiger partial charge in [0, 0.05) is 6.07 Å². The molecule has 0 saturated carbocycles. The monoisotopic (exact) mass is 336 g/mol. The molecule has 24 heavy (non-hydrogen) atoms. The first-order chi connectivity index (χ1) is 11.3. The molecule has 1 aromatic rings. The standard InChI is InChI=1S/C17H20O7/c1-10-5-13(22-2)9-15(23-3)17(10)14(20)7-11(18)6-12(19)8-16(21)24-4/h5,9H,6-8H2,1-4H3. The van der Waals surface area contributed by atoms with Gasteiger partial charge in [0.2, 0.25) is 0 Å². The average Bonchev–Trinajstić information content (AvgIpc) is 2.52. The Labute approximate surface area is 139 Å². The molecule has 1 aromatic carbocycles. The molecule has 0 saturated heterocycles. The molecule has 130 valence electrons. The van der Waals surface area contributed by atoms with Gasteiger partial charge in [-0.3, -0.25) is 19.2 Å². The van der Waals surface area contributed by atoms with Crippen molar-refractivity contribution in [2.24, 2.45) is 0 Å². The fourth-order valence-electron chi connectivity index (χ4n) is 2.20. The van der Waals surface area contributed by atoms with Gasteiger partial charge in [0.25, 0.3) is 0 Å². The van der Waals surface area contributed by atoms with Crippen LogP contribution in [0.3, 0.4) is 0 Å². The van der Waals surface area contributed by atoms with Crippen LogP contribution in [0, 0.1) is 6.92 Å². The highest BCUT2D eigenvalue weighted by Gasteiger charge is 2.22. The molecule has 0 aliphatic carbocycles. The molecule has 0 aliphatic heterocycles. The largest absolute Gasteiger partial charge is 0.497 e. The summed E-state index contributed by atoms with van der Waals surface area (Å²) < 4.78 is 14.6. The Morgan fingerprint density at radius 2 is 1.50 bits per heavy atom. The van der Waals surface area contributed by atoms with Crippen molar-refractivity contribution in [3.8, 4) is 11.5 Å². The summed E-state index contributed by atoms with van der Waals surface area (Å²) in [6.45, 7) is 1.70. The van der Waals surface area contributed by atoms with E-state index in [0.29, 0.717) is 17.1 Å². The van der Waals surface area contributed by atoms with Gasteiger partial charge < -0.3 is 14.2 Å². The second-order valence-corrected chi connectivity index (χ2v) is 5.13. The van der Waals surface area contributed by atoms with E-state index in [1.165, 1.54) is 14.2 Å². The van der Waals surface area contributed by atoms with Crippen LogP contribution in [0.25, 0.3) is 0 Å². The van der Waals surface area contributed by atoms with Crippen LogP contribution in [0.1, 0.15) is 35.2 Å². The average molecular weight is 336 g/mol. The highest BCUT2D eigenvalue weighted by Crippen LogP contribution is 2.29. The fourth-order valence-corrected chi connectivity index (χ4v) is 2.20. The third kappa shape index (κ3) is 5.19. The topological polar surface area (TPSA) is 96.0 Å². The van der Waals surface area contributed by atoms with E-state index in [-0.39, 0.29) is 5.56 Å². The summed E-state index contributed by atoms with van der Waals surface area (Å²) >= 11 is 0. The highest BCUT2D eigenvalue weighted by atomic mass is 16.5. The SMILES string of the molecule is COC(=O)CC(=O)CC(=O)CC(=O)c1c(C)cc(OC)cc1OC. The molecule has 0 amide bonds. The molecule has 0 fully saturated rings. The Balaban J connectivity index is 2.83. The van der Waals surface area contributed by atoms with E-state index >= 15 is 0 Å². The number of carbonyl (C=O) groups is 4. The second-order valence-electron chi connectivity index (χ2n) is 5.13. The van der Waals surface area contributed by atoms with Crippen molar-refractivity contribution in [1.82, 2.24) is 0 Å². The summed E-state index contributed by atoms with van der Waals surface area (Å²) in [6.07, 6.45) is -1.42. The first-order valence-electron chi connectivity index (χ1n) is 7.18. The Morgan fingerprint density at radius 3 is 2.04 bits per heavy atom. The summed E-state index contributed by atoms with van der Waals surface area (Å²) in [4.78, 5) is 46.8. The van der Waals surface area contributed by atoms with Gasteiger partial charge in [-0.25, -0.2) is 0 Å². The predicted octanol–water partition coefficient (Wildman–Crippen LogP) is 1.68. The van der Waals surface area contributed by atoms with Crippen LogP contribution in [-0.4, -0.2) is 44.6 Å². The van der Waals surface area contributed by atoms with Gasteiger partial charge in [-0.2, -0.15) is 0 Å². The number of rotatable bonds is 9. The van der Waals surface area contributed by atoms with Crippen LogP contribution in [0.4, 0.5) is 0 Å². The Morgan fingerprint density at radius 1 is 0.875 bits per heavy atom. The molecule has 0 heterocycles. The summed E-state index contributed by atoms with van der Waals surface area (Å²) in [5.41, 5.74) is 0.872. The fraction of sp³-hybridized carbons (Fsp3) is 0.412. The minimum Gasteiger partial charge on any atom is -0.497 e. The molecular formula is C17H20O7. The van der Waals surface area contributed by atoms with Gasteiger partial charge in [0.1, 0.15) is 23.7 Å². The van der Waals surface area contributed by atoms with Gasteiger partial charge >= 0.3 is 5.97 Å². The van der Waals surface area contributed by atoms with Gasteiger partial charge in [0.05, 0.1) is 39.7 Å². The quantitative estimate of drug-likeness (QED) is 0.384. The summed E-state index contributed by atoms with van der Waals surface area (Å²) in [6, 6.07) is 3.20. The van der Waals surface area contributed by atoms with Crippen LogP contribution in [0.15, 0.2) is 12.1 Å². The summed E-state index contributed by atoms with van der Waals surface area (Å²) in [5, 5.41) is 0. The lowest BCUT2D eigenvalue weighted by Crippen LogP contribution is -2.17. The normalized spacial score (nSPS) is 10.0. The molecule has 0 aromatic heterocycles. The number of hydrogen-bond donors (Lipinski definition) is 0. The Bertz CT molecular complexity index is 661. The number of carbonyl (C=O) groups excluding carboxylic acids is 4. The van der Waals surface area contributed by atoms with E-state index in [0.717, 1.165) is 7.11 Å². The van der Waals surface area contributed by atoms with Crippen molar-refractivity contribution >= 4 is 23.3 Å². The maximum atomic E-state index is 12.4. The minimum absolute atomic E-state index is 0.270. The number of Topliss-reactive ketones (excluding diaryl/α,β-unsaturated/α-hetero) is 3. The number of esters is 1. The lowest BCUT2D eigenvalue weighted by molar-refractivity contribution is -0.143. The van der Waals surface area contributed by atoms with Crippen molar-refractivity contribution in [2.75, 3.05) is 21.3 Å². The van der Waals surface area contributed by atoms with Crippen LogP contribution in [0.2, 0.25) is 0 Å². The molecular weight excluding hydrogens is 316 g/mol. The lowest BCUT2D eigenvalue weighted by atomic mass is 9.97. The Hall–Kier alpha value is -2.70. The Kier molecular flexibility index (Phi) is 7.10. The van der Waals surface area contributed by atoms with Crippen molar-refractivity contribution in [3.63, 3.8) is 0 Å². The number of benzene rings is 1. The van der Waals surface area contributed by atoms with Gasteiger partial charge in [-0.1, -0.05) is 0 Å². The number of hydrogen-bond acceptors (Lipinski definition) is 7. The van der Waals surface area contributed by atoms with Crippen molar-refractivity contribution < 1.29 is 33.4 Å². The van der Waals surface area contributed by atoms with E-state index in [4.69, 9.17) is 9.47 Å². The highest BCUT2D eigenvalue weighted by molar-refractivity contribution is 6.15. The molecule has 0 atom stereocenters. The van der Waals surface area contributed by atoms with E-state index in [2.05, 4.69) is 4.74 Å². The van der Waals surface area contributed by atoms with Crippen LogP contribution in [-0.2, 0) is 19.1 Å². The molecule has 1 rings (SSSR count). The van der Waals surface area contributed by atoms with Crippen LogP contribution in [0.5, 0.6) is 11.5 Å². The van der Waals surface area contributed by atoms with Crippen LogP contribution < -0.4 is 9.47 Å². The summed E-state index contributed by atoms with van der Waals surface area (Å²) in [7, 11) is 4.05. The number of methoxy groups -OCH3 is 3. The van der Waals surface area contributed by atoms with Gasteiger partial charge in [-0.15, -0.1) is 0 Å². The zero-order valence-electron chi connectivity index (χ0n) is 14.1. The first kappa shape index (κ1) is 19.3. The van der Waals surface area contributed by atoms with Gasteiger partial charge in [0.15, 0.2) is 11.6 Å². The smallest absolute Gasteiger partial charge is 0.313 e. The number of ether oxygens (including phenoxy) is 3. The molecule has 7 nitrogen and oxygen atoms in total. The predicted molar refractivity (Wildman–Crippen MR) is 84.5 cm³/mol. The molecule has 7 heteroatoms. The van der Waals surface area contributed by atoms with E-state index in [9.17, 15) is 19.2 Å². The zero-order valence-corrected chi connectivity index (χ0v) is 14.1. The molecule has 0 radical (unpaired) electrons. The third-order valence-corrected chi connectivity index (χ3v) is 3.33. The van der Waals surface area contributed by atoms with E-state index in [1.54, 1.807) is 19.1 Å². The maximum Gasteiger partial charge on any atom is 0.313 e. The maximum absolute atomic E-state index is 12.4. The molecule has 0 N–H and O–H groups in total. The van der Waals surface area contributed by atoms with E-state index < -0.39 is 42.6 Å². The first-order valence-corrected chi connectivity index (χ1v) is 7.18. The van der Waals surface area contributed by atoms with Crippen molar-refractivity contribution in [1.29, 1.82) is 0 Å². The van der Waals surface area contributed by atoms with Gasteiger partial charge in [-0.05, 0) is 18.6 Å². The third-order valence-electron chi connectivity index (χ3n) is 3.33.